The molecule has 1 aromatic heterocycles. The molecular weight excluding hydrogens is 278 g/mol. The summed E-state index contributed by atoms with van der Waals surface area (Å²) < 4.78 is 5.21. The third-order valence-electron chi connectivity index (χ3n) is 4.33. The summed E-state index contributed by atoms with van der Waals surface area (Å²) in [6.07, 6.45) is 4.37. The maximum absolute atomic E-state index is 12.4. The van der Waals surface area contributed by atoms with Crippen molar-refractivity contribution in [1.82, 2.24) is 15.4 Å². The highest BCUT2D eigenvalue weighted by Gasteiger charge is 2.25. The van der Waals surface area contributed by atoms with Crippen LogP contribution in [0.5, 0.6) is 0 Å². The van der Waals surface area contributed by atoms with Crippen LogP contribution in [0.1, 0.15) is 61.8 Å². The van der Waals surface area contributed by atoms with E-state index in [1.165, 1.54) is 12.8 Å². The summed E-state index contributed by atoms with van der Waals surface area (Å²) >= 11 is 0. The SMILES string of the molecule is CCc1onc(C)c1C(=O)NC[C@H]1CCCCN1CC(C)C. The molecule has 1 saturated heterocycles. The highest BCUT2D eigenvalue weighted by Crippen LogP contribution is 2.19. The lowest BCUT2D eigenvalue weighted by molar-refractivity contribution is 0.0900. The Hall–Kier alpha value is -1.36. The fraction of sp³-hybridized carbons (Fsp3) is 0.765. The molecule has 5 nitrogen and oxygen atoms in total. The third kappa shape index (κ3) is 4.09. The summed E-state index contributed by atoms with van der Waals surface area (Å²) in [5.74, 6) is 1.28. The van der Waals surface area contributed by atoms with E-state index in [1.807, 2.05) is 13.8 Å². The average Bonchev–Trinajstić information content (AvgIpc) is 2.86. The summed E-state index contributed by atoms with van der Waals surface area (Å²) in [4.78, 5) is 15.0. The zero-order valence-electron chi connectivity index (χ0n) is 14.3. The van der Waals surface area contributed by atoms with Gasteiger partial charge in [0, 0.05) is 25.6 Å². The molecular formula is C17H29N3O2. The Morgan fingerprint density at radius 3 is 2.91 bits per heavy atom. The first-order chi connectivity index (χ1) is 10.5. The monoisotopic (exact) mass is 307 g/mol. The molecule has 1 aliphatic rings. The normalized spacial score (nSPS) is 19.6. The van der Waals surface area contributed by atoms with Crippen molar-refractivity contribution >= 4 is 5.91 Å². The summed E-state index contributed by atoms with van der Waals surface area (Å²) in [5.41, 5.74) is 1.30. The summed E-state index contributed by atoms with van der Waals surface area (Å²) in [7, 11) is 0. The molecule has 22 heavy (non-hydrogen) atoms. The lowest BCUT2D eigenvalue weighted by Gasteiger charge is -2.36. The molecule has 2 rings (SSSR count). The second-order valence-electron chi connectivity index (χ2n) is 6.67. The number of aromatic nitrogens is 1. The smallest absolute Gasteiger partial charge is 0.256 e. The average molecular weight is 307 g/mol. The van der Waals surface area contributed by atoms with E-state index in [-0.39, 0.29) is 5.91 Å². The number of likely N-dealkylation sites (tertiary alicyclic amines) is 1. The van der Waals surface area contributed by atoms with E-state index in [9.17, 15) is 4.79 Å². The number of rotatable bonds is 6. The highest BCUT2D eigenvalue weighted by atomic mass is 16.5. The van der Waals surface area contributed by atoms with Crippen LogP contribution in [0.3, 0.4) is 0 Å². The van der Waals surface area contributed by atoms with E-state index in [4.69, 9.17) is 4.52 Å². The Morgan fingerprint density at radius 1 is 1.45 bits per heavy atom. The van der Waals surface area contributed by atoms with E-state index in [0.29, 0.717) is 41.9 Å². The van der Waals surface area contributed by atoms with E-state index in [2.05, 4.69) is 29.2 Å². The van der Waals surface area contributed by atoms with Crippen LogP contribution in [0.15, 0.2) is 4.52 Å². The van der Waals surface area contributed by atoms with Gasteiger partial charge in [0.25, 0.3) is 5.91 Å². The molecule has 1 aliphatic heterocycles. The van der Waals surface area contributed by atoms with Gasteiger partial charge in [-0.05, 0) is 32.2 Å². The fourth-order valence-electron chi connectivity index (χ4n) is 3.25. The Morgan fingerprint density at radius 2 is 2.23 bits per heavy atom. The first-order valence-electron chi connectivity index (χ1n) is 8.50. The minimum Gasteiger partial charge on any atom is -0.360 e. The number of piperidine rings is 1. The van der Waals surface area contributed by atoms with Crippen LogP contribution in [0.4, 0.5) is 0 Å². The zero-order chi connectivity index (χ0) is 16.1. The van der Waals surface area contributed by atoms with Crippen molar-refractivity contribution in [3.8, 4) is 0 Å². The molecule has 0 aliphatic carbocycles. The third-order valence-corrected chi connectivity index (χ3v) is 4.33. The molecule has 124 valence electrons. The summed E-state index contributed by atoms with van der Waals surface area (Å²) in [6, 6.07) is 0.449. The van der Waals surface area contributed by atoms with Crippen LogP contribution in [0, 0.1) is 12.8 Å². The van der Waals surface area contributed by atoms with Crippen molar-refractivity contribution in [3.05, 3.63) is 17.0 Å². The maximum atomic E-state index is 12.4. The maximum Gasteiger partial charge on any atom is 0.256 e. The highest BCUT2D eigenvalue weighted by molar-refractivity contribution is 5.96. The van der Waals surface area contributed by atoms with Crippen LogP contribution in [0.25, 0.3) is 0 Å². The Labute approximate surface area is 133 Å². The molecule has 0 unspecified atom stereocenters. The van der Waals surface area contributed by atoms with Crippen LogP contribution in [-0.4, -0.2) is 41.6 Å². The Balaban J connectivity index is 1.95. The molecule has 0 saturated carbocycles. The van der Waals surface area contributed by atoms with Crippen LogP contribution in [0.2, 0.25) is 0 Å². The Bertz CT molecular complexity index is 496. The number of hydrogen-bond acceptors (Lipinski definition) is 4. The minimum atomic E-state index is -0.0503. The molecule has 1 aromatic rings. The molecule has 0 radical (unpaired) electrons. The molecule has 2 heterocycles. The minimum absolute atomic E-state index is 0.0503. The van der Waals surface area contributed by atoms with Gasteiger partial charge in [-0.3, -0.25) is 9.69 Å². The number of carbonyl (C=O) groups excluding carboxylic acids is 1. The van der Waals surface area contributed by atoms with Crippen LogP contribution in [-0.2, 0) is 6.42 Å². The first kappa shape index (κ1) is 17.0. The molecule has 0 spiro atoms. The van der Waals surface area contributed by atoms with Gasteiger partial charge >= 0.3 is 0 Å². The number of hydrogen-bond donors (Lipinski definition) is 1. The molecule has 5 heteroatoms. The zero-order valence-corrected chi connectivity index (χ0v) is 14.3. The predicted octanol–water partition coefficient (Wildman–Crippen LogP) is 2.79. The van der Waals surface area contributed by atoms with Crippen molar-refractivity contribution < 1.29 is 9.32 Å². The number of carbonyl (C=O) groups is 1. The molecule has 0 bridgehead atoms. The van der Waals surface area contributed by atoms with Crippen molar-refractivity contribution in [1.29, 1.82) is 0 Å². The van der Waals surface area contributed by atoms with Gasteiger partial charge in [-0.25, -0.2) is 0 Å². The van der Waals surface area contributed by atoms with Gasteiger partial charge in [0.1, 0.15) is 11.3 Å². The van der Waals surface area contributed by atoms with Gasteiger partial charge in [0.2, 0.25) is 0 Å². The van der Waals surface area contributed by atoms with E-state index in [1.54, 1.807) is 0 Å². The fourth-order valence-corrected chi connectivity index (χ4v) is 3.25. The van der Waals surface area contributed by atoms with Gasteiger partial charge in [0.05, 0.1) is 5.69 Å². The van der Waals surface area contributed by atoms with Crippen molar-refractivity contribution in [3.63, 3.8) is 0 Å². The van der Waals surface area contributed by atoms with Gasteiger partial charge in [-0.1, -0.05) is 32.3 Å². The van der Waals surface area contributed by atoms with E-state index in [0.717, 1.165) is 19.5 Å². The molecule has 1 fully saturated rings. The number of aryl methyl sites for hydroxylation is 2. The Kier molecular flexibility index (Phi) is 6.00. The molecule has 1 atom stereocenters. The van der Waals surface area contributed by atoms with Crippen LogP contribution < -0.4 is 5.32 Å². The lowest BCUT2D eigenvalue weighted by Crippen LogP contribution is -2.48. The van der Waals surface area contributed by atoms with E-state index >= 15 is 0 Å². The lowest BCUT2D eigenvalue weighted by atomic mass is 10.00. The number of amides is 1. The van der Waals surface area contributed by atoms with Crippen molar-refractivity contribution in [2.75, 3.05) is 19.6 Å². The number of nitrogens with one attached hydrogen (secondary N) is 1. The number of nitrogens with zero attached hydrogens (tertiary/aromatic N) is 2. The first-order valence-corrected chi connectivity index (χ1v) is 8.50. The summed E-state index contributed by atoms with van der Waals surface area (Å²) in [6.45, 7) is 11.2. The molecule has 0 aromatic carbocycles. The molecule has 1 N–H and O–H groups in total. The second kappa shape index (κ2) is 7.77. The van der Waals surface area contributed by atoms with E-state index < -0.39 is 0 Å². The van der Waals surface area contributed by atoms with Gasteiger partial charge in [-0.2, -0.15) is 0 Å². The van der Waals surface area contributed by atoms with Gasteiger partial charge in [-0.15, -0.1) is 0 Å². The van der Waals surface area contributed by atoms with Crippen molar-refractivity contribution in [2.24, 2.45) is 5.92 Å². The predicted molar refractivity (Wildman–Crippen MR) is 87.0 cm³/mol. The van der Waals surface area contributed by atoms with Gasteiger partial charge < -0.3 is 9.84 Å². The quantitative estimate of drug-likeness (QED) is 0.878. The summed E-state index contributed by atoms with van der Waals surface area (Å²) in [5, 5.41) is 7.00. The van der Waals surface area contributed by atoms with Gasteiger partial charge in [0.15, 0.2) is 0 Å². The largest absolute Gasteiger partial charge is 0.360 e. The van der Waals surface area contributed by atoms with Crippen LogP contribution >= 0.6 is 0 Å². The topological polar surface area (TPSA) is 58.4 Å². The van der Waals surface area contributed by atoms with Crippen molar-refractivity contribution in [2.45, 2.75) is 59.4 Å². The standard InChI is InChI=1S/C17H29N3O2/c1-5-15-16(13(4)19-22-15)17(21)18-10-14-8-6-7-9-20(14)11-12(2)3/h12,14H,5-11H2,1-4H3,(H,18,21)/t14-/m1/s1. The molecule has 1 amide bonds. The second-order valence-corrected chi connectivity index (χ2v) is 6.67.